The van der Waals surface area contributed by atoms with Gasteiger partial charge in [-0.05, 0) is 38.3 Å². The lowest BCUT2D eigenvalue weighted by Crippen LogP contribution is -2.14. The summed E-state index contributed by atoms with van der Waals surface area (Å²) in [6.07, 6.45) is 1.86. The molecule has 1 aromatic carbocycles. The van der Waals surface area contributed by atoms with Crippen molar-refractivity contribution in [3.05, 3.63) is 29.8 Å². The van der Waals surface area contributed by atoms with Gasteiger partial charge in [0, 0.05) is 13.2 Å². The van der Waals surface area contributed by atoms with Gasteiger partial charge in [0.15, 0.2) is 5.65 Å². The Labute approximate surface area is 171 Å². The molecular formula is C22H30N4O3. The van der Waals surface area contributed by atoms with Crippen molar-refractivity contribution < 1.29 is 14.3 Å². The number of fused-ring (bicyclic) bond motifs is 2. The van der Waals surface area contributed by atoms with E-state index in [4.69, 9.17) is 20.2 Å². The average Bonchev–Trinajstić information content (AvgIpc) is 2.97. The first-order valence-corrected chi connectivity index (χ1v) is 10.3. The molecule has 0 amide bonds. The number of ether oxygens (including phenoxy) is 2. The van der Waals surface area contributed by atoms with E-state index < -0.39 is 5.97 Å². The first kappa shape index (κ1) is 21.0. The summed E-state index contributed by atoms with van der Waals surface area (Å²) in [5.74, 6) is 0.178. The van der Waals surface area contributed by atoms with Crippen molar-refractivity contribution in [2.75, 3.05) is 18.9 Å². The highest BCUT2D eigenvalue weighted by Crippen LogP contribution is 2.29. The molecule has 3 aromatic rings. The van der Waals surface area contributed by atoms with Crippen LogP contribution in [0.3, 0.4) is 0 Å². The number of nitrogen functional groups attached to an aromatic ring is 1. The molecule has 0 aliphatic heterocycles. The van der Waals surface area contributed by atoms with Gasteiger partial charge in [0.25, 0.3) is 0 Å². The second-order valence-corrected chi connectivity index (χ2v) is 7.68. The third kappa shape index (κ3) is 4.67. The van der Waals surface area contributed by atoms with Crippen molar-refractivity contribution in [3.63, 3.8) is 0 Å². The SMILES string of the molecule is CC[C@H](C)COC(=O)c1c(N)n(CCCOC(C)C)c2nc3ccccc3nc12. The van der Waals surface area contributed by atoms with E-state index in [0.29, 0.717) is 42.3 Å². The normalized spacial score (nSPS) is 12.7. The zero-order valence-corrected chi connectivity index (χ0v) is 17.6. The topological polar surface area (TPSA) is 92.3 Å². The number of nitrogens with two attached hydrogens (primary N) is 1. The van der Waals surface area contributed by atoms with E-state index in [-0.39, 0.29) is 12.0 Å². The average molecular weight is 399 g/mol. The lowest BCUT2D eigenvalue weighted by molar-refractivity contribution is 0.0450. The van der Waals surface area contributed by atoms with Gasteiger partial charge in [-0.3, -0.25) is 0 Å². The molecule has 0 aliphatic carbocycles. The van der Waals surface area contributed by atoms with Crippen LogP contribution < -0.4 is 5.73 Å². The number of rotatable bonds is 9. The number of hydrogen-bond acceptors (Lipinski definition) is 6. The minimum Gasteiger partial charge on any atom is -0.462 e. The van der Waals surface area contributed by atoms with E-state index in [1.807, 2.05) is 49.6 Å². The molecule has 1 atom stereocenters. The van der Waals surface area contributed by atoms with Gasteiger partial charge in [0.2, 0.25) is 0 Å². The van der Waals surface area contributed by atoms with Crippen LogP contribution >= 0.6 is 0 Å². The van der Waals surface area contributed by atoms with Gasteiger partial charge in [-0.15, -0.1) is 0 Å². The Hall–Kier alpha value is -2.67. The number of carbonyl (C=O) groups excluding carboxylic acids is 1. The first-order chi connectivity index (χ1) is 13.9. The summed E-state index contributed by atoms with van der Waals surface area (Å²) in [6.45, 7) is 9.65. The second-order valence-electron chi connectivity index (χ2n) is 7.68. The number of nitrogens with zero attached hydrogens (tertiary/aromatic N) is 3. The van der Waals surface area contributed by atoms with Crippen LogP contribution in [-0.4, -0.2) is 39.8 Å². The highest BCUT2D eigenvalue weighted by Gasteiger charge is 2.25. The van der Waals surface area contributed by atoms with Gasteiger partial charge in [0.1, 0.15) is 16.9 Å². The van der Waals surface area contributed by atoms with Crippen molar-refractivity contribution in [1.82, 2.24) is 14.5 Å². The number of para-hydroxylation sites is 2. The van der Waals surface area contributed by atoms with Crippen LogP contribution in [0.15, 0.2) is 24.3 Å². The molecule has 2 N–H and O–H groups in total. The molecule has 0 fully saturated rings. The number of aromatic nitrogens is 3. The van der Waals surface area contributed by atoms with E-state index >= 15 is 0 Å². The van der Waals surface area contributed by atoms with Crippen molar-refractivity contribution in [2.24, 2.45) is 5.92 Å². The molecule has 7 heteroatoms. The van der Waals surface area contributed by atoms with Gasteiger partial charge in [0.05, 0.1) is 23.7 Å². The lowest BCUT2D eigenvalue weighted by Gasteiger charge is -2.11. The van der Waals surface area contributed by atoms with Crippen LogP contribution in [0.5, 0.6) is 0 Å². The minimum atomic E-state index is -0.449. The fourth-order valence-electron chi connectivity index (χ4n) is 3.09. The molecule has 0 spiro atoms. The molecule has 0 saturated heterocycles. The maximum atomic E-state index is 12.9. The number of aryl methyl sites for hydroxylation is 1. The molecule has 29 heavy (non-hydrogen) atoms. The summed E-state index contributed by atoms with van der Waals surface area (Å²) in [6, 6.07) is 7.59. The summed E-state index contributed by atoms with van der Waals surface area (Å²) in [4.78, 5) is 22.3. The maximum Gasteiger partial charge on any atom is 0.344 e. The smallest absolute Gasteiger partial charge is 0.344 e. The van der Waals surface area contributed by atoms with E-state index in [1.165, 1.54) is 0 Å². The van der Waals surface area contributed by atoms with Gasteiger partial charge >= 0.3 is 5.97 Å². The van der Waals surface area contributed by atoms with Gasteiger partial charge in [-0.1, -0.05) is 32.4 Å². The van der Waals surface area contributed by atoms with Gasteiger partial charge in [-0.25, -0.2) is 14.8 Å². The molecule has 3 rings (SSSR count). The van der Waals surface area contributed by atoms with E-state index in [0.717, 1.165) is 23.9 Å². The molecule has 156 valence electrons. The Kier molecular flexibility index (Phi) is 6.69. The van der Waals surface area contributed by atoms with Crippen LogP contribution in [0.25, 0.3) is 22.2 Å². The van der Waals surface area contributed by atoms with E-state index in [9.17, 15) is 4.79 Å². The number of benzene rings is 1. The Bertz CT molecular complexity index is 997. The van der Waals surface area contributed by atoms with Gasteiger partial charge in [-0.2, -0.15) is 0 Å². The quantitative estimate of drug-likeness (QED) is 0.429. The molecular weight excluding hydrogens is 368 g/mol. The van der Waals surface area contributed by atoms with Crippen LogP contribution in [0.4, 0.5) is 5.82 Å². The Morgan fingerprint density at radius 2 is 1.86 bits per heavy atom. The number of carbonyl (C=O) groups is 1. The molecule has 0 saturated carbocycles. The number of anilines is 1. The predicted molar refractivity (Wildman–Crippen MR) is 115 cm³/mol. The fourth-order valence-corrected chi connectivity index (χ4v) is 3.09. The summed E-state index contributed by atoms with van der Waals surface area (Å²) in [5, 5.41) is 0. The monoisotopic (exact) mass is 398 g/mol. The molecule has 7 nitrogen and oxygen atoms in total. The highest BCUT2D eigenvalue weighted by molar-refractivity contribution is 6.08. The zero-order chi connectivity index (χ0) is 21.0. The summed E-state index contributed by atoms with van der Waals surface area (Å²) in [7, 11) is 0. The van der Waals surface area contributed by atoms with Crippen LogP contribution in [0.1, 0.15) is 50.9 Å². The lowest BCUT2D eigenvalue weighted by atomic mass is 10.1. The standard InChI is InChI=1S/C22H30N4O3/c1-5-15(4)13-29-22(27)18-19-21(25-17-10-7-6-9-16(17)24-19)26(20(18)23)11-8-12-28-14(2)3/h6-7,9-10,14-15H,5,8,11-13,23H2,1-4H3/t15-/m0/s1. The molecule has 0 bridgehead atoms. The van der Waals surface area contributed by atoms with Crippen LogP contribution in [0.2, 0.25) is 0 Å². The third-order valence-electron chi connectivity index (χ3n) is 4.97. The van der Waals surface area contributed by atoms with Crippen LogP contribution in [0, 0.1) is 5.92 Å². The maximum absolute atomic E-state index is 12.9. The molecule has 0 unspecified atom stereocenters. The Balaban J connectivity index is 2.00. The van der Waals surface area contributed by atoms with Crippen molar-refractivity contribution in [3.8, 4) is 0 Å². The van der Waals surface area contributed by atoms with Crippen molar-refractivity contribution in [2.45, 2.75) is 53.2 Å². The second kappa shape index (κ2) is 9.22. The van der Waals surface area contributed by atoms with E-state index in [2.05, 4.69) is 11.9 Å². The highest BCUT2D eigenvalue weighted by atomic mass is 16.5. The van der Waals surface area contributed by atoms with E-state index in [1.54, 1.807) is 0 Å². The van der Waals surface area contributed by atoms with Gasteiger partial charge < -0.3 is 19.8 Å². The Morgan fingerprint density at radius 1 is 1.17 bits per heavy atom. The molecule has 0 aliphatic rings. The van der Waals surface area contributed by atoms with Crippen molar-refractivity contribution >= 4 is 34.0 Å². The Morgan fingerprint density at radius 3 is 2.52 bits per heavy atom. The first-order valence-electron chi connectivity index (χ1n) is 10.3. The molecule has 2 aromatic heterocycles. The zero-order valence-electron chi connectivity index (χ0n) is 17.6. The predicted octanol–water partition coefficient (Wildman–Crippen LogP) is 4.18. The minimum absolute atomic E-state index is 0.170. The van der Waals surface area contributed by atoms with Crippen molar-refractivity contribution in [1.29, 1.82) is 0 Å². The van der Waals surface area contributed by atoms with Crippen LogP contribution in [-0.2, 0) is 16.0 Å². The summed E-state index contributed by atoms with van der Waals surface area (Å²) >= 11 is 0. The number of hydrogen-bond donors (Lipinski definition) is 1. The summed E-state index contributed by atoms with van der Waals surface area (Å²) < 4.78 is 13.0. The number of esters is 1. The fraction of sp³-hybridized carbons (Fsp3) is 0.500. The molecule has 0 radical (unpaired) electrons. The third-order valence-corrected chi connectivity index (χ3v) is 4.97. The molecule has 2 heterocycles. The summed E-state index contributed by atoms with van der Waals surface area (Å²) in [5.41, 5.74) is 9.26. The largest absolute Gasteiger partial charge is 0.462 e.